The highest BCUT2D eigenvalue weighted by Gasteiger charge is 2.02. The van der Waals surface area contributed by atoms with Crippen LogP contribution >= 0.6 is 12.4 Å². The fourth-order valence-electron chi connectivity index (χ4n) is 1.60. The summed E-state index contributed by atoms with van der Waals surface area (Å²) in [5.41, 5.74) is 0.624. The van der Waals surface area contributed by atoms with Gasteiger partial charge in [-0.1, -0.05) is 12.1 Å². The molecule has 0 saturated carbocycles. The highest BCUT2D eigenvalue weighted by atomic mass is 35.5. The number of hydrogen-bond acceptors (Lipinski definition) is 4. The van der Waals surface area contributed by atoms with Gasteiger partial charge >= 0.3 is 0 Å². The number of nitrogens with one attached hydrogen (secondary N) is 2. The summed E-state index contributed by atoms with van der Waals surface area (Å²) in [5.74, 6) is 0.643. The third-order valence-electron chi connectivity index (χ3n) is 2.44. The average Bonchev–Trinajstić information content (AvgIpc) is 2.35. The smallest absolute Gasteiger partial charge is 0.258 e. The standard InChI is InChI=1S/C12H15N3O2.ClH/c1-17-7-6-13-8-11-14-10-5-3-2-4-9(10)12(16)15-11;/h2-5,13H,6-8H2,1H3,(H,14,15,16);1H. The van der Waals surface area contributed by atoms with Gasteiger partial charge in [-0.25, -0.2) is 4.98 Å². The molecule has 98 valence electrons. The molecule has 0 amide bonds. The van der Waals surface area contributed by atoms with Crippen LogP contribution in [0.5, 0.6) is 0 Å². The van der Waals surface area contributed by atoms with Gasteiger partial charge in [-0.05, 0) is 12.1 Å². The van der Waals surface area contributed by atoms with Crippen molar-refractivity contribution < 1.29 is 4.74 Å². The van der Waals surface area contributed by atoms with Gasteiger partial charge in [0.15, 0.2) is 0 Å². The van der Waals surface area contributed by atoms with Crippen molar-refractivity contribution in [1.29, 1.82) is 0 Å². The maximum absolute atomic E-state index is 11.7. The van der Waals surface area contributed by atoms with E-state index in [0.29, 0.717) is 24.4 Å². The van der Waals surface area contributed by atoms with Crippen molar-refractivity contribution in [2.75, 3.05) is 20.3 Å². The van der Waals surface area contributed by atoms with E-state index in [-0.39, 0.29) is 18.0 Å². The summed E-state index contributed by atoms with van der Waals surface area (Å²) >= 11 is 0. The normalized spacial score (nSPS) is 10.3. The Kier molecular flexibility index (Phi) is 5.77. The van der Waals surface area contributed by atoms with E-state index in [1.807, 2.05) is 18.2 Å². The summed E-state index contributed by atoms with van der Waals surface area (Å²) in [6, 6.07) is 7.30. The van der Waals surface area contributed by atoms with E-state index >= 15 is 0 Å². The van der Waals surface area contributed by atoms with Crippen LogP contribution in [-0.4, -0.2) is 30.2 Å². The highest BCUT2D eigenvalue weighted by molar-refractivity contribution is 5.85. The zero-order valence-corrected chi connectivity index (χ0v) is 10.9. The molecule has 0 spiro atoms. The number of methoxy groups -OCH3 is 1. The zero-order valence-electron chi connectivity index (χ0n) is 10.1. The second-order valence-corrected chi connectivity index (χ2v) is 3.70. The van der Waals surface area contributed by atoms with Gasteiger partial charge in [0.25, 0.3) is 5.56 Å². The van der Waals surface area contributed by atoms with Crippen molar-refractivity contribution in [3.8, 4) is 0 Å². The third kappa shape index (κ3) is 3.53. The van der Waals surface area contributed by atoms with Crippen LogP contribution in [0.15, 0.2) is 29.1 Å². The Morgan fingerprint density at radius 2 is 2.17 bits per heavy atom. The minimum absolute atomic E-state index is 0. The SMILES string of the molecule is COCCNCc1nc2ccccc2c(=O)[nH]1.Cl. The fourth-order valence-corrected chi connectivity index (χ4v) is 1.60. The molecule has 2 rings (SSSR count). The molecule has 2 aromatic rings. The Labute approximate surface area is 111 Å². The number of fused-ring (bicyclic) bond motifs is 1. The van der Waals surface area contributed by atoms with E-state index < -0.39 is 0 Å². The second-order valence-electron chi connectivity index (χ2n) is 3.70. The first kappa shape index (κ1) is 14.6. The van der Waals surface area contributed by atoms with Crippen LogP contribution in [0.4, 0.5) is 0 Å². The second kappa shape index (κ2) is 7.10. The van der Waals surface area contributed by atoms with Crippen molar-refractivity contribution in [1.82, 2.24) is 15.3 Å². The van der Waals surface area contributed by atoms with Crippen molar-refractivity contribution >= 4 is 23.3 Å². The summed E-state index contributed by atoms with van der Waals surface area (Å²) in [7, 11) is 1.65. The quantitative estimate of drug-likeness (QED) is 0.797. The lowest BCUT2D eigenvalue weighted by molar-refractivity contribution is 0.199. The molecule has 1 heterocycles. The summed E-state index contributed by atoms with van der Waals surface area (Å²) in [6.45, 7) is 1.90. The zero-order chi connectivity index (χ0) is 12.1. The van der Waals surface area contributed by atoms with Gasteiger partial charge in [-0.15, -0.1) is 12.4 Å². The van der Waals surface area contributed by atoms with Gasteiger partial charge in [-0.2, -0.15) is 0 Å². The molecule has 0 bridgehead atoms. The number of para-hydroxylation sites is 1. The largest absolute Gasteiger partial charge is 0.383 e. The van der Waals surface area contributed by atoms with Crippen LogP contribution in [0.1, 0.15) is 5.82 Å². The Balaban J connectivity index is 0.00000162. The molecule has 1 aromatic heterocycles. The Morgan fingerprint density at radius 3 is 2.94 bits per heavy atom. The number of aromatic amines is 1. The van der Waals surface area contributed by atoms with Crippen molar-refractivity contribution in [3.05, 3.63) is 40.4 Å². The van der Waals surface area contributed by atoms with Crippen LogP contribution in [0.25, 0.3) is 10.9 Å². The molecule has 0 saturated heterocycles. The van der Waals surface area contributed by atoms with Crippen LogP contribution in [0.2, 0.25) is 0 Å². The van der Waals surface area contributed by atoms with E-state index in [2.05, 4.69) is 15.3 Å². The van der Waals surface area contributed by atoms with Crippen LogP contribution < -0.4 is 10.9 Å². The topological polar surface area (TPSA) is 67.0 Å². The van der Waals surface area contributed by atoms with E-state index in [9.17, 15) is 4.79 Å². The first-order valence-corrected chi connectivity index (χ1v) is 5.49. The molecule has 0 aliphatic rings. The number of rotatable bonds is 5. The molecule has 0 fully saturated rings. The molecule has 6 heteroatoms. The average molecular weight is 270 g/mol. The number of hydrogen-bond donors (Lipinski definition) is 2. The van der Waals surface area contributed by atoms with Gasteiger partial charge in [0.1, 0.15) is 5.82 Å². The molecule has 5 nitrogen and oxygen atoms in total. The van der Waals surface area contributed by atoms with E-state index in [1.165, 1.54) is 0 Å². The maximum atomic E-state index is 11.7. The number of nitrogens with zero attached hydrogens (tertiary/aromatic N) is 1. The molecular formula is C12H16ClN3O2. The van der Waals surface area contributed by atoms with Crippen molar-refractivity contribution in [3.63, 3.8) is 0 Å². The van der Waals surface area contributed by atoms with E-state index in [4.69, 9.17) is 4.74 Å². The summed E-state index contributed by atoms with van der Waals surface area (Å²) in [5, 5.41) is 3.76. The van der Waals surface area contributed by atoms with Gasteiger partial charge in [-0.3, -0.25) is 4.79 Å². The molecule has 0 atom stereocenters. The lowest BCUT2D eigenvalue weighted by atomic mass is 10.2. The van der Waals surface area contributed by atoms with Gasteiger partial charge in [0, 0.05) is 13.7 Å². The summed E-state index contributed by atoms with van der Waals surface area (Å²) in [6.07, 6.45) is 0. The molecule has 0 radical (unpaired) electrons. The Morgan fingerprint density at radius 1 is 1.39 bits per heavy atom. The first-order chi connectivity index (χ1) is 8.31. The van der Waals surface area contributed by atoms with Gasteiger partial charge < -0.3 is 15.0 Å². The number of ether oxygens (including phenoxy) is 1. The Bertz CT molecular complexity index is 556. The number of H-pyrrole nitrogens is 1. The van der Waals surface area contributed by atoms with E-state index in [1.54, 1.807) is 13.2 Å². The lowest BCUT2D eigenvalue weighted by Gasteiger charge is -2.04. The fraction of sp³-hybridized carbons (Fsp3) is 0.333. The molecular weight excluding hydrogens is 254 g/mol. The molecule has 1 aromatic carbocycles. The molecule has 0 unspecified atom stereocenters. The molecule has 0 aliphatic heterocycles. The Hall–Kier alpha value is -1.43. The predicted octanol–water partition coefficient (Wildman–Crippen LogP) is 1.08. The maximum Gasteiger partial charge on any atom is 0.258 e. The molecule has 2 N–H and O–H groups in total. The van der Waals surface area contributed by atoms with Crippen LogP contribution in [-0.2, 0) is 11.3 Å². The minimum atomic E-state index is -0.0980. The van der Waals surface area contributed by atoms with Gasteiger partial charge in [0.2, 0.25) is 0 Å². The monoisotopic (exact) mass is 269 g/mol. The van der Waals surface area contributed by atoms with Crippen LogP contribution in [0.3, 0.4) is 0 Å². The number of aromatic nitrogens is 2. The van der Waals surface area contributed by atoms with Crippen LogP contribution in [0, 0.1) is 0 Å². The molecule has 0 aliphatic carbocycles. The minimum Gasteiger partial charge on any atom is -0.383 e. The lowest BCUT2D eigenvalue weighted by Crippen LogP contribution is -2.22. The molecule has 18 heavy (non-hydrogen) atoms. The number of halogens is 1. The highest BCUT2D eigenvalue weighted by Crippen LogP contribution is 2.05. The summed E-state index contributed by atoms with van der Waals surface area (Å²) < 4.78 is 4.92. The number of benzene rings is 1. The van der Waals surface area contributed by atoms with Crippen molar-refractivity contribution in [2.45, 2.75) is 6.54 Å². The first-order valence-electron chi connectivity index (χ1n) is 5.49. The predicted molar refractivity (Wildman–Crippen MR) is 73.2 cm³/mol. The van der Waals surface area contributed by atoms with E-state index in [0.717, 1.165) is 12.1 Å². The van der Waals surface area contributed by atoms with Gasteiger partial charge in [0.05, 0.1) is 24.1 Å². The third-order valence-corrected chi connectivity index (χ3v) is 2.44. The summed E-state index contributed by atoms with van der Waals surface area (Å²) in [4.78, 5) is 18.9. The van der Waals surface area contributed by atoms with Crippen molar-refractivity contribution in [2.24, 2.45) is 0 Å².